The van der Waals surface area contributed by atoms with E-state index in [9.17, 15) is 0 Å². The molecule has 24 heavy (non-hydrogen) atoms. The molecule has 1 aromatic heterocycles. The van der Waals surface area contributed by atoms with Crippen LogP contribution in [0.4, 0.5) is 5.82 Å². The van der Waals surface area contributed by atoms with E-state index in [4.69, 9.17) is 9.47 Å². The van der Waals surface area contributed by atoms with E-state index in [0.717, 1.165) is 36.1 Å². The second kappa shape index (κ2) is 9.39. The van der Waals surface area contributed by atoms with Crippen molar-refractivity contribution in [3.63, 3.8) is 0 Å². The van der Waals surface area contributed by atoms with Crippen molar-refractivity contribution in [3.8, 4) is 11.5 Å². The summed E-state index contributed by atoms with van der Waals surface area (Å²) in [6.45, 7) is 4.20. The van der Waals surface area contributed by atoms with Crippen LogP contribution in [0.3, 0.4) is 0 Å². The van der Waals surface area contributed by atoms with Crippen LogP contribution in [0.1, 0.15) is 11.3 Å². The average Bonchev–Trinajstić information content (AvgIpc) is 2.81. The van der Waals surface area contributed by atoms with E-state index in [-0.39, 0.29) is 12.4 Å². The number of ether oxygens (including phenoxy) is 2. The van der Waals surface area contributed by atoms with E-state index >= 15 is 0 Å². The van der Waals surface area contributed by atoms with E-state index < -0.39 is 0 Å². The molecule has 0 unspecified atom stereocenters. The fourth-order valence-corrected chi connectivity index (χ4v) is 2.58. The Morgan fingerprint density at radius 3 is 2.38 bits per heavy atom. The molecule has 1 heterocycles. The highest BCUT2D eigenvalue weighted by Crippen LogP contribution is 2.21. The summed E-state index contributed by atoms with van der Waals surface area (Å²) in [5.74, 6) is 2.81. The van der Waals surface area contributed by atoms with E-state index in [2.05, 4.69) is 15.3 Å². The number of halogens is 1. The van der Waals surface area contributed by atoms with Gasteiger partial charge in [0.25, 0.3) is 0 Å². The fraction of sp³-hybridized carbons (Fsp3) is 0.471. The maximum atomic E-state index is 5.71. The first-order chi connectivity index (χ1) is 11.0. The lowest BCUT2D eigenvalue weighted by molar-refractivity contribution is 0.313. The number of rotatable bonds is 8. The monoisotopic (exact) mass is 354 g/mol. The number of hydrogen-bond acceptors (Lipinski definition) is 5. The predicted molar refractivity (Wildman–Crippen MR) is 99.7 cm³/mol. The van der Waals surface area contributed by atoms with Gasteiger partial charge in [0.15, 0.2) is 0 Å². The molecule has 0 spiro atoms. The van der Waals surface area contributed by atoms with Crippen LogP contribution >= 0.6 is 12.4 Å². The van der Waals surface area contributed by atoms with E-state index in [1.807, 2.05) is 57.0 Å². The zero-order valence-electron chi connectivity index (χ0n) is 15.0. The topological polar surface area (TPSA) is 51.6 Å². The smallest absolute Gasteiger partial charge is 0.130 e. The minimum absolute atomic E-state index is 0. The number of aryl methyl sites for hydroxylation is 2. The van der Waals surface area contributed by atoms with Crippen LogP contribution in [0.2, 0.25) is 0 Å². The second-order valence-electron chi connectivity index (χ2n) is 5.61. The first-order valence-corrected chi connectivity index (χ1v) is 7.70. The molecule has 0 amide bonds. The molecule has 2 aromatic rings. The zero-order chi connectivity index (χ0) is 16.8. The highest BCUT2D eigenvalue weighted by atomic mass is 35.5. The molecule has 6 nitrogen and oxygen atoms in total. The lowest BCUT2D eigenvalue weighted by atomic mass is 10.2. The summed E-state index contributed by atoms with van der Waals surface area (Å²) in [4.78, 5) is 2.09. The summed E-state index contributed by atoms with van der Waals surface area (Å²) in [5, 5.41) is 7.90. The van der Waals surface area contributed by atoms with Gasteiger partial charge in [-0.15, -0.1) is 12.4 Å². The van der Waals surface area contributed by atoms with Crippen molar-refractivity contribution in [2.24, 2.45) is 7.05 Å². The van der Waals surface area contributed by atoms with Crippen LogP contribution in [-0.2, 0) is 13.6 Å². The van der Waals surface area contributed by atoms with Crippen LogP contribution in [0.5, 0.6) is 11.5 Å². The van der Waals surface area contributed by atoms with Crippen molar-refractivity contribution in [2.45, 2.75) is 13.5 Å². The molecule has 1 aromatic carbocycles. The molecule has 0 fully saturated rings. The number of aromatic nitrogens is 2. The van der Waals surface area contributed by atoms with Gasteiger partial charge >= 0.3 is 0 Å². The summed E-state index contributed by atoms with van der Waals surface area (Å²) in [6, 6.07) is 7.61. The minimum atomic E-state index is 0. The third-order valence-corrected chi connectivity index (χ3v) is 3.65. The number of hydrogen-bond donors (Lipinski definition) is 1. The number of nitrogens with one attached hydrogen (secondary N) is 1. The first-order valence-electron chi connectivity index (χ1n) is 7.70. The standard InChI is InChI=1S/C17H26N4O2.ClH/c1-13-16(17(20(2)3)21(4)19-13)12-18-10-11-23-15-8-6-14(22-5)7-9-15;/h6-9,18H,10-12H2,1-5H3;1H. The maximum Gasteiger partial charge on any atom is 0.130 e. The van der Waals surface area contributed by atoms with Crippen LogP contribution in [0.25, 0.3) is 0 Å². The Hall–Kier alpha value is -1.92. The largest absolute Gasteiger partial charge is 0.497 e. The number of methoxy groups -OCH3 is 1. The van der Waals surface area contributed by atoms with E-state index in [1.165, 1.54) is 5.56 Å². The Morgan fingerprint density at radius 2 is 1.79 bits per heavy atom. The summed E-state index contributed by atoms with van der Waals surface area (Å²) < 4.78 is 12.7. The quantitative estimate of drug-likeness (QED) is 0.738. The van der Waals surface area contributed by atoms with Gasteiger partial charge < -0.3 is 19.7 Å². The molecular weight excluding hydrogens is 328 g/mol. The van der Waals surface area contributed by atoms with Gasteiger partial charge in [-0.2, -0.15) is 5.10 Å². The fourth-order valence-electron chi connectivity index (χ4n) is 2.58. The molecule has 0 saturated carbocycles. The van der Waals surface area contributed by atoms with Gasteiger partial charge in [-0.3, -0.25) is 4.68 Å². The predicted octanol–water partition coefficient (Wildman–Crippen LogP) is 2.39. The van der Waals surface area contributed by atoms with Gasteiger partial charge in [0, 0.05) is 39.8 Å². The average molecular weight is 355 g/mol. The lowest BCUT2D eigenvalue weighted by Crippen LogP contribution is -2.23. The second-order valence-corrected chi connectivity index (χ2v) is 5.61. The van der Waals surface area contributed by atoms with Crippen LogP contribution < -0.4 is 19.7 Å². The number of benzene rings is 1. The van der Waals surface area contributed by atoms with Gasteiger partial charge in [0.05, 0.1) is 12.8 Å². The molecule has 0 saturated heterocycles. The highest BCUT2D eigenvalue weighted by Gasteiger charge is 2.14. The Balaban J connectivity index is 0.00000288. The summed E-state index contributed by atoms with van der Waals surface area (Å²) in [5.41, 5.74) is 2.28. The zero-order valence-corrected chi connectivity index (χ0v) is 15.8. The van der Waals surface area contributed by atoms with Crippen LogP contribution in [0.15, 0.2) is 24.3 Å². The van der Waals surface area contributed by atoms with Gasteiger partial charge in [0.1, 0.15) is 23.9 Å². The molecule has 134 valence electrons. The van der Waals surface area contributed by atoms with Crippen LogP contribution in [-0.4, -0.2) is 44.1 Å². The van der Waals surface area contributed by atoms with Crippen molar-refractivity contribution in [2.75, 3.05) is 39.3 Å². The van der Waals surface area contributed by atoms with Crippen molar-refractivity contribution < 1.29 is 9.47 Å². The molecule has 0 aliphatic carbocycles. The van der Waals surface area contributed by atoms with Crippen molar-refractivity contribution in [3.05, 3.63) is 35.5 Å². The van der Waals surface area contributed by atoms with Crippen molar-refractivity contribution in [1.29, 1.82) is 0 Å². The lowest BCUT2D eigenvalue weighted by Gasteiger charge is -2.15. The SMILES string of the molecule is COc1ccc(OCCNCc2c(C)nn(C)c2N(C)C)cc1.Cl. The number of anilines is 1. The van der Waals surface area contributed by atoms with Gasteiger partial charge in [-0.25, -0.2) is 0 Å². The van der Waals surface area contributed by atoms with E-state index in [1.54, 1.807) is 7.11 Å². The van der Waals surface area contributed by atoms with E-state index in [0.29, 0.717) is 6.61 Å². The van der Waals surface area contributed by atoms with Gasteiger partial charge in [-0.1, -0.05) is 0 Å². The molecule has 0 aliphatic heterocycles. The molecule has 2 rings (SSSR count). The molecule has 0 atom stereocenters. The molecule has 0 bridgehead atoms. The number of nitrogens with zero attached hydrogens (tertiary/aromatic N) is 3. The summed E-state index contributed by atoms with van der Waals surface area (Å²) in [6.07, 6.45) is 0. The normalized spacial score (nSPS) is 10.2. The first kappa shape index (κ1) is 20.1. The minimum Gasteiger partial charge on any atom is -0.497 e. The molecule has 1 N–H and O–H groups in total. The Kier molecular flexibility index (Phi) is 7.88. The van der Waals surface area contributed by atoms with Crippen LogP contribution in [0, 0.1) is 6.92 Å². The third kappa shape index (κ3) is 5.04. The van der Waals surface area contributed by atoms with Crippen molar-refractivity contribution >= 4 is 18.2 Å². The Morgan fingerprint density at radius 1 is 1.17 bits per heavy atom. The van der Waals surface area contributed by atoms with Gasteiger partial charge in [-0.05, 0) is 31.2 Å². The molecular formula is C17H27ClN4O2. The Bertz CT molecular complexity index is 626. The van der Waals surface area contributed by atoms with Gasteiger partial charge in [0.2, 0.25) is 0 Å². The van der Waals surface area contributed by atoms with Crippen molar-refractivity contribution in [1.82, 2.24) is 15.1 Å². The summed E-state index contributed by atoms with van der Waals surface area (Å²) in [7, 11) is 7.69. The maximum absolute atomic E-state index is 5.71. The molecule has 0 radical (unpaired) electrons. The Labute approximate surface area is 150 Å². The summed E-state index contributed by atoms with van der Waals surface area (Å²) >= 11 is 0. The molecule has 0 aliphatic rings. The highest BCUT2D eigenvalue weighted by molar-refractivity contribution is 5.85. The third-order valence-electron chi connectivity index (χ3n) is 3.65. The molecule has 7 heteroatoms.